The van der Waals surface area contributed by atoms with Gasteiger partial charge < -0.3 is 10.2 Å². The predicted molar refractivity (Wildman–Crippen MR) is 91.6 cm³/mol. The number of rotatable bonds is 8. The van der Waals surface area contributed by atoms with Gasteiger partial charge in [0.25, 0.3) is 0 Å². The molecule has 2 amide bonds. The molecule has 0 heterocycles. The van der Waals surface area contributed by atoms with Gasteiger partial charge in [0.15, 0.2) is 0 Å². The second kappa shape index (κ2) is 9.65. The van der Waals surface area contributed by atoms with Crippen molar-refractivity contribution in [3.8, 4) is 0 Å². The Morgan fingerprint density at radius 2 is 1.92 bits per heavy atom. The Bertz CT molecular complexity index is 606. The van der Waals surface area contributed by atoms with Crippen molar-refractivity contribution in [2.45, 2.75) is 45.7 Å². The molecule has 0 saturated heterocycles. The van der Waals surface area contributed by atoms with Crippen molar-refractivity contribution in [2.24, 2.45) is 0 Å². The molecule has 4 nitrogen and oxygen atoms in total. The first-order chi connectivity index (χ1) is 11.7. The highest BCUT2D eigenvalue weighted by atomic mass is 35.5. The van der Waals surface area contributed by atoms with Crippen molar-refractivity contribution in [2.75, 3.05) is 18.0 Å². The maximum absolute atomic E-state index is 13.2. The van der Waals surface area contributed by atoms with Crippen LogP contribution in [0, 0.1) is 0 Å². The Labute approximate surface area is 150 Å². The van der Waals surface area contributed by atoms with E-state index in [9.17, 15) is 22.8 Å². The number of alkyl halides is 3. The monoisotopic (exact) mass is 378 g/mol. The lowest BCUT2D eigenvalue weighted by molar-refractivity contribution is -0.137. The number of nitrogens with one attached hydrogen (secondary N) is 1. The summed E-state index contributed by atoms with van der Waals surface area (Å²) in [6, 6.07) is 3.20. The Kier molecular flexibility index (Phi) is 8.22. The zero-order valence-corrected chi connectivity index (χ0v) is 15.0. The van der Waals surface area contributed by atoms with Gasteiger partial charge in [-0.1, -0.05) is 31.4 Å². The van der Waals surface area contributed by atoms with E-state index in [4.69, 9.17) is 11.6 Å². The fourth-order valence-electron chi connectivity index (χ4n) is 2.32. The van der Waals surface area contributed by atoms with Gasteiger partial charge in [0.1, 0.15) is 0 Å². The Hall–Kier alpha value is -1.76. The van der Waals surface area contributed by atoms with Crippen LogP contribution in [0.2, 0.25) is 5.02 Å². The molecular formula is C17H22ClF3N2O2. The summed E-state index contributed by atoms with van der Waals surface area (Å²) in [5.74, 6) is -0.878. The number of carbonyl (C=O) groups is 2. The SMILES string of the molecule is CCCCCNC(=O)CCN(C(C)=O)c1ccc(Cl)cc1C(F)(F)F. The van der Waals surface area contributed by atoms with Crippen LogP contribution in [-0.4, -0.2) is 24.9 Å². The van der Waals surface area contributed by atoms with Crippen molar-refractivity contribution in [1.29, 1.82) is 0 Å². The molecule has 25 heavy (non-hydrogen) atoms. The number of hydrogen-bond donors (Lipinski definition) is 1. The first-order valence-corrected chi connectivity index (χ1v) is 8.46. The zero-order chi connectivity index (χ0) is 19.0. The molecule has 0 atom stereocenters. The van der Waals surface area contributed by atoms with E-state index in [0.717, 1.165) is 43.2 Å². The summed E-state index contributed by atoms with van der Waals surface area (Å²) in [6.07, 6.45) is -1.89. The van der Waals surface area contributed by atoms with E-state index in [-0.39, 0.29) is 29.6 Å². The third-order valence-corrected chi connectivity index (χ3v) is 3.83. The van der Waals surface area contributed by atoms with Crippen LogP contribution in [0.3, 0.4) is 0 Å². The van der Waals surface area contributed by atoms with E-state index in [1.165, 1.54) is 6.07 Å². The van der Waals surface area contributed by atoms with Gasteiger partial charge in [-0.3, -0.25) is 9.59 Å². The van der Waals surface area contributed by atoms with Crippen LogP contribution in [0.1, 0.15) is 45.1 Å². The maximum Gasteiger partial charge on any atom is 0.418 e. The normalized spacial score (nSPS) is 11.3. The van der Waals surface area contributed by atoms with Gasteiger partial charge in [0, 0.05) is 31.5 Å². The zero-order valence-electron chi connectivity index (χ0n) is 14.3. The molecule has 140 valence electrons. The Morgan fingerprint density at radius 3 is 2.48 bits per heavy atom. The van der Waals surface area contributed by atoms with Crippen molar-refractivity contribution >= 4 is 29.1 Å². The van der Waals surface area contributed by atoms with Crippen molar-refractivity contribution in [3.63, 3.8) is 0 Å². The van der Waals surface area contributed by atoms with Crippen LogP contribution in [0.5, 0.6) is 0 Å². The molecule has 8 heteroatoms. The molecule has 0 aliphatic rings. The number of halogens is 4. The number of carbonyl (C=O) groups excluding carboxylic acids is 2. The molecule has 1 rings (SSSR count). The second-order valence-corrected chi connectivity index (χ2v) is 6.07. The highest BCUT2D eigenvalue weighted by molar-refractivity contribution is 6.30. The fraction of sp³-hybridized carbons (Fsp3) is 0.529. The molecule has 0 unspecified atom stereocenters. The first kappa shape index (κ1) is 21.3. The minimum atomic E-state index is -4.66. The summed E-state index contributed by atoms with van der Waals surface area (Å²) < 4.78 is 39.6. The van der Waals surface area contributed by atoms with Gasteiger partial charge in [0.2, 0.25) is 11.8 Å². The van der Waals surface area contributed by atoms with E-state index in [2.05, 4.69) is 5.32 Å². The van der Waals surface area contributed by atoms with Gasteiger partial charge in [0.05, 0.1) is 11.3 Å². The average Bonchev–Trinajstić information content (AvgIpc) is 2.51. The average molecular weight is 379 g/mol. The van der Waals surface area contributed by atoms with Gasteiger partial charge in [-0.25, -0.2) is 0 Å². The molecular weight excluding hydrogens is 357 g/mol. The first-order valence-electron chi connectivity index (χ1n) is 8.08. The fourth-order valence-corrected chi connectivity index (χ4v) is 2.49. The van der Waals surface area contributed by atoms with Gasteiger partial charge in [-0.05, 0) is 24.6 Å². The minimum absolute atomic E-state index is 0.0757. The van der Waals surface area contributed by atoms with Crippen LogP contribution in [0.15, 0.2) is 18.2 Å². The van der Waals surface area contributed by atoms with E-state index in [0.29, 0.717) is 6.54 Å². The largest absolute Gasteiger partial charge is 0.418 e. The van der Waals surface area contributed by atoms with Crippen molar-refractivity contribution in [1.82, 2.24) is 5.32 Å². The summed E-state index contributed by atoms with van der Waals surface area (Å²) in [5.41, 5.74) is -1.30. The van der Waals surface area contributed by atoms with E-state index < -0.39 is 17.6 Å². The smallest absolute Gasteiger partial charge is 0.356 e. The lowest BCUT2D eigenvalue weighted by atomic mass is 10.1. The molecule has 0 saturated carbocycles. The van der Waals surface area contributed by atoms with Crippen LogP contribution in [0.25, 0.3) is 0 Å². The molecule has 0 aliphatic heterocycles. The number of nitrogens with zero attached hydrogens (tertiary/aromatic N) is 1. The third-order valence-electron chi connectivity index (χ3n) is 3.60. The molecule has 0 bridgehead atoms. The quantitative estimate of drug-likeness (QED) is 0.681. The van der Waals surface area contributed by atoms with Crippen LogP contribution in [-0.2, 0) is 15.8 Å². The lowest BCUT2D eigenvalue weighted by Crippen LogP contribution is -2.35. The third kappa shape index (κ3) is 6.94. The minimum Gasteiger partial charge on any atom is -0.356 e. The maximum atomic E-state index is 13.2. The Balaban J connectivity index is 2.85. The predicted octanol–water partition coefficient (Wildman–Crippen LogP) is 4.41. The molecule has 0 fully saturated rings. The molecule has 0 radical (unpaired) electrons. The van der Waals surface area contributed by atoms with E-state index >= 15 is 0 Å². The number of amides is 2. The lowest BCUT2D eigenvalue weighted by Gasteiger charge is -2.25. The molecule has 0 aliphatic carbocycles. The standard InChI is InChI=1S/C17H22ClF3N2O2/c1-3-4-5-9-22-16(25)8-10-23(12(2)24)15-7-6-13(18)11-14(15)17(19,20)21/h6-7,11H,3-5,8-10H2,1-2H3,(H,22,25). The van der Waals surface area contributed by atoms with E-state index in [1.807, 2.05) is 6.92 Å². The second-order valence-electron chi connectivity index (χ2n) is 5.64. The van der Waals surface area contributed by atoms with Crippen molar-refractivity contribution < 1.29 is 22.8 Å². The van der Waals surface area contributed by atoms with Crippen LogP contribution in [0.4, 0.5) is 18.9 Å². The topological polar surface area (TPSA) is 49.4 Å². The highest BCUT2D eigenvalue weighted by Crippen LogP contribution is 2.38. The summed E-state index contributed by atoms with van der Waals surface area (Å²) in [4.78, 5) is 24.6. The van der Waals surface area contributed by atoms with Crippen molar-refractivity contribution in [3.05, 3.63) is 28.8 Å². The molecule has 0 spiro atoms. The molecule has 1 aromatic carbocycles. The molecule has 1 aromatic rings. The van der Waals surface area contributed by atoms with Crippen LogP contribution < -0.4 is 10.2 Å². The summed E-state index contributed by atoms with van der Waals surface area (Å²) in [7, 11) is 0. The summed E-state index contributed by atoms with van der Waals surface area (Å²) in [5, 5.41) is 2.62. The van der Waals surface area contributed by atoms with Gasteiger partial charge in [-0.15, -0.1) is 0 Å². The number of benzene rings is 1. The number of hydrogen-bond acceptors (Lipinski definition) is 2. The molecule has 1 N–H and O–H groups in total. The Morgan fingerprint density at radius 1 is 1.24 bits per heavy atom. The highest BCUT2D eigenvalue weighted by Gasteiger charge is 2.36. The summed E-state index contributed by atoms with van der Waals surface area (Å²) >= 11 is 5.65. The molecule has 0 aromatic heterocycles. The van der Waals surface area contributed by atoms with Gasteiger partial charge in [-0.2, -0.15) is 13.2 Å². The van der Waals surface area contributed by atoms with E-state index in [1.54, 1.807) is 0 Å². The number of anilines is 1. The summed E-state index contributed by atoms with van der Waals surface area (Å²) in [6.45, 7) is 3.58. The van der Waals surface area contributed by atoms with Crippen LogP contribution >= 0.6 is 11.6 Å². The van der Waals surface area contributed by atoms with Gasteiger partial charge >= 0.3 is 6.18 Å². The number of unbranched alkanes of at least 4 members (excludes halogenated alkanes) is 2.